The summed E-state index contributed by atoms with van der Waals surface area (Å²) in [7, 11) is 0. The number of rotatable bonds is 4. The molecule has 0 aliphatic rings. The Morgan fingerprint density at radius 3 is 1.88 bits per heavy atom. The number of hydrogen-bond acceptors (Lipinski definition) is 2. The largest absolute Gasteiger partial charge is 0.234 e. The first kappa shape index (κ1) is 18.6. The highest BCUT2D eigenvalue weighted by molar-refractivity contribution is 6.26. The summed E-state index contributed by atoms with van der Waals surface area (Å²) in [6.45, 7) is 2.20. The molecule has 0 heterocycles. The van der Waals surface area contributed by atoms with Gasteiger partial charge in [0.25, 0.3) is 0 Å². The quantitative estimate of drug-likeness (QED) is 0.163. The molecule has 6 aromatic rings. The molecule has 0 bridgehead atoms. The van der Waals surface area contributed by atoms with E-state index in [4.69, 9.17) is 5.10 Å². The molecule has 0 unspecified atom stereocenters. The molecule has 0 fully saturated rings. The van der Waals surface area contributed by atoms with Crippen molar-refractivity contribution in [2.45, 2.75) is 6.92 Å². The van der Waals surface area contributed by atoms with Crippen LogP contribution in [0.4, 0.5) is 11.4 Å². The van der Waals surface area contributed by atoms with Crippen molar-refractivity contribution in [3.8, 4) is 0 Å². The molecule has 2 heteroatoms. The van der Waals surface area contributed by atoms with Gasteiger partial charge in [0.2, 0.25) is 0 Å². The number of benzene rings is 6. The summed E-state index contributed by atoms with van der Waals surface area (Å²) < 4.78 is 0. The van der Waals surface area contributed by atoms with Crippen molar-refractivity contribution in [3.05, 3.63) is 120 Å². The highest BCUT2D eigenvalue weighted by Crippen LogP contribution is 2.37. The Bertz CT molecular complexity index is 1530. The van der Waals surface area contributed by atoms with E-state index < -0.39 is 0 Å². The van der Waals surface area contributed by atoms with Crippen molar-refractivity contribution >= 4 is 49.9 Å². The van der Waals surface area contributed by atoms with Crippen molar-refractivity contribution in [1.29, 1.82) is 0 Å². The molecule has 2 nitrogen and oxygen atoms in total. The minimum atomic E-state index is 1.03. The summed E-state index contributed by atoms with van der Waals surface area (Å²) in [5.41, 5.74) is 4.47. The molecule has 6 rings (SSSR count). The van der Waals surface area contributed by atoms with E-state index in [-0.39, 0.29) is 0 Å². The molecule has 0 N–H and O–H groups in total. The number of para-hydroxylation sites is 2. The predicted octanol–water partition coefficient (Wildman–Crippen LogP) is 8.06. The third kappa shape index (κ3) is 3.00. The molecular weight excluding hydrogens is 388 g/mol. The number of aryl methyl sites for hydroxylation is 1. The maximum Gasteiger partial charge on any atom is 0.0652 e. The molecule has 0 atom stereocenters. The fraction of sp³-hybridized carbons (Fsp3) is 0.0333. The van der Waals surface area contributed by atoms with Gasteiger partial charge in [0.1, 0.15) is 0 Å². The zero-order valence-corrected chi connectivity index (χ0v) is 17.9. The van der Waals surface area contributed by atoms with Crippen molar-refractivity contribution < 1.29 is 0 Å². The normalized spacial score (nSPS) is 11.8. The van der Waals surface area contributed by atoms with Gasteiger partial charge in [-0.1, -0.05) is 84.9 Å². The van der Waals surface area contributed by atoms with E-state index in [1.807, 2.05) is 47.6 Å². The van der Waals surface area contributed by atoms with Crippen LogP contribution < -0.4 is 5.01 Å². The van der Waals surface area contributed by atoms with E-state index in [1.165, 1.54) is 37.9 Å². The third-order valence-electron chi connectivity index (χ3n) is 6.20. The SMILES string of the molecule is Cc1cc2c(/C=N/N(c3ccccc3)c3ccccc3)ccc3ccc4cccc1c4c32. The summed E-state index contributed by atoms with van der Waals surface area (Å²) in [5.74, 6) is 0. The van der Waals surface area contributed by atoms with E-state index in [9.17, 15) is 0 Å². The lowest BCUT2D eigenvalue weighted by Crippen LogP contribution is -2.09. The number of hydrazone groups is 1. The Morgan fingerprint density at radius 2 is 1.19 bits per heavy atom. The van der Waals surface area contributed by atoms with Crippen LogP contribution in [-0.2, 0) is 0 Å². The molecule has 152 valence electrons. The fourth-order valence-electron chi connectivity index (χ4n) is 4.67. The summed E-state index contributed by atoms with van der Waals surface area (Å²) in [6, 6.07) is 38.3. The maximum atomic E-state index is 4.95. The van der Waals surface area contributed by atoms with Gasteiger partial charge in [-0.05, 0) is 69.1 Å². The molecule has 0 radical (unpaired) electrons. The van der Waals surface area contributed by atoms with Gasteiger partial charge in [0.15, 0.2) is 0 Å². The van der Waals surface area contributed by atoms with Gasteiger partial charge in [-0.3, -0.25) is 0 Å². The predicted molar refractivity (Wildman–Crippen MR) is 137 cm³/mol. The molecule has 6 aromatic carbocycles. The van der Waals surface area contributed by atoms with Crippen LogP contribution in [0, 0.1) is 6.92 Å². The molecule has 0 spiro atoms. The van der Waals surface area contributed by atoms with Gasteiger partial charge < -0.3 is 0 Å². The topological polar surface area (TPSA) is 15.6 Å². The third-order valence-corrected chi connectivity index (χ3v) is 6.20. The van der Waals surface area contributed by atoms with Crippen LogP contribution in [0.25, 0.3) is 32.3 Å². The summed E-state index contributed by atoms with van der Waals surface area (Å²) in [6.07, 6.45) is 1.99. The average molecular weight is 411 g/mol. The van der Waals surface area contributed by atoms with E-state index >= 15 is 0 Å². The van der Waals surface area contributed by atoms with Crippen molar-refractivity contribution in [2.75, 3.05) is 5.01 Å². The van der Waals surface area contributed by atoms with Crippen LogP contribution in [0.3, 0.4) is 0 Å². The first-order valence-electron chi connectivity index (χ1n) is 10.9. The van der Waals surface area contributed by atoms with Gasteiger partial charge in [0.05, 0.1) is 17.6 Å². The Kier molecular flexibility index (Phi) is 4.36. The van der Waals surface area contributed by atoms with Crippen LogP contribution in [0.1, 0.15) is 11.1 Å². The molecule has 0 aliphatic carbocycles. The first-order valence-corrected chi connectivity index (χ1v) is 10.9. The second kappa shape index (κ2) is 7.51. The van der Waals surface area contributed by atoms with E-state index in [1.54, 1.807) is 0 Å². The lowest BCUT2D eigenvalue weighted by molar-refractivity contribution is 1.09. The van der Waals surface area contributed by atoms with Gasteiger partial charge >= 0.3 is 0 Å². The highest BCUT2D eigenvalue weighted by atomic mass is 15.5. The summed E-state index contributed by atoms with van der Waals surface area (Å²) >= 11 is 0. The monoisotopic (exact) mass is 410 g/mol. The molecule has 0 aromatic heterocycles. The van der Waals surface area contributed by atoms with Gasteiger partial charge in [-0.25, -0.2) is 5.01 Å². The van der Waals surface area contributed by atoms with Crippen molar-refractivity contribution in [2.24, 2.45) is 5.10 Å². The standard InChI is InChI=1S/C30H22N2/c1-21-19-28-24(18-17-23-16-15-22-9-8-14-27(21)29(22)30(23)28)20-31-32(25-10-4-2-5-11-25)26-12-6-3-7-13-26/h2-20H,1H3/b31-20+. The number of nitrogens with zero attached hydrogens (tertiary/aromatic N) is 2. The minimum Gasteiger partial charge on any atom is -0.234 e. The fourth-order valence-corrected chi connectivity index (χ4v) is 4.67. The Hall–Kier alpha value is -4.17. The number of anilines is 2. The lowest BCUT2D eigenvalue weighted by atomic mass is 9.90. The Balaban J connectivity index is 1.55. The van der Waals surface area contributed by atoms with E-state index in [2.05, 4.69) is 79.7 Å². The molecule has 0 saturated carbocycles. The molecule has 32 heavy (non-hydrogen) atoms. The second-order valence-electron chi connectivity index (χ2n) is 8.19. The van der Waals surface area contributed by atoms with E-state index in [0.717, 1.165) is 16.9 Å². The minimum absolute atomic E-state index is 1.03. The van der Waals surface area contributed by atoms with Crippen LogP contribution in [0.15, 0.2) is 114 Å². The summed E-state index contributed by atoms with van der Waals surface area (Å²) in [5, 5.41) is 14.7. The molecular formula is C30H22N2. The zero-order valence-electron chi connectivity index (χ0n) is 17.9. The van der Waals surface area contributed by atoms with Crippen molar-refractivity contribution in [3.63, 3.8) is 0 Å². The van der Waals surface area contributed by atoms with Gasteiger partial charge in [-0.2, -0.15) is 5.10 Å². The first-order chi connectivity index (χ1) is 15.8. The Morgan fingerprint density at radius 1 is 0.594 bits per heavy atom. The van der Waals surface area contributed by atoms with Crippen LogP contribution >= 0.6 is 0 Å². The Labute approximate surface area is 187 Å². The van der Waals surface area contributed by atoms with E-state index in [0.29, 0.717) is 0 Å². The van der Waals surface area contributed by atoms with Gasteiger partial charge in [-0.15, -0.1) is 0 Å². The van der Waals surface area contributed by atoms with Crippen molar-refractivity contribution in [1.82, 2.24) is 0 Å². The van der Waals surface area contributed by atoms with Crippen LogP contribution in [0.2, 0.25) is 0 Å². The molecule has 0 saturated heterocycles. The number of hydrogen-bond donors (Lipinski definition) is 0. The molecule has 0 aliphatic heterocycles. The van der Waals surface area contributed by atoms with Crippen LogP contribution in [0.5, 0.6) is 0 Å². The average Bonchev–Trinajstić information content (AvgIpc) is 2.85. The second-order valence-corrected chi connectivity index (χ2v) is 8.19. The smallest absolute Gasteiger partial charge is 0.0652 e. The van der Waals surface area contributed by atoms with Gasteiger partial charge in [0, 0.05) is 5.56 Å². The summed E-state index contributed by atoms with van der Waals surface area (Å²) in [4.78, 5) is 0. The van der Waals surface area contributed by atoms with Crippen LogP contribution in [-0.4, -0.2) is 6.21 Å². The highest BCUT2D eigenvalue weighted by Gasteiger charge is 2.13. The maximum absolute atomic E-state index is 4.95. The lowest BCUT2D eigenvalue weighted by Gasteiger charge is -2.19. The molecule has 0 amide bonds. The zero-order chi connectivity index (χ0) is 21.5.